The monoisotopic (exact) mass is 367 g/mol. The number of nitrogen functional groups attached to an aromatic ring is 1. The number of aromatic nitrogens is 2. The van der Waals surface area contributed by atoms with E-state index in [1.54, 1.807) is 6.33 Å². The van der Waals surface area contributed by atoms with Crippen molar-refractivity contribution < 1.29 is 0 Å². The number of hydrogen-bond donors (Lipinski definition) is 1. The molecule has 0 aliphatic carbocycles. The lowest BCUT2D eigenvalue weighted by molar-refractivity contribution is 0.270. The third-order valence-electron chi connectivity index (χ3n) is 5.66. The maximum Gasteiger partial charge on any atom is 0.157 e. The van der Waals surface area contributed by atoms with E-state index in [1.807, 2.05) is 0 Å². The highest BCUT2D eigenvalue weighted by atomic mass is 15.3. The molecule has 0 saturated carbocycles. The van der Waals surface area contributed by atoms with Crippen LogP contribution >= 0.6 is 0 Å². The van der Waals surface area contributed by atoms with Crippen molar-refractivity contribution in [2.45, 2.75) is 6.92 Å². The second-order valence-corrected chi connectivity index (χ2v) is 7.17. The predicted molar refractivity (Wildman–Crippen MR) is 112 cm³/mol. The van der Waals surface area contributed by atoms with Crippen LogP contribution in [0.25, 0.3) is 0 Å². The van der Waals surface area contributed by atoms with Gasteiger partial charge in [-0.05, 0) is 18.7 Å². The molecule has 0 atom stereocenters. The first-order chi connectivity index (χ1) is 13.3. The summed E-state index contributed by atoms with van der Waals surface area (Å²) in [5, 5.41) is 0. The fourth-order valence-corrected chi connectivity index (χ4v) is 3.97. The normalized spacial score (nSPS) is 18.8. The molecule has 2 aromatic rings. The van der Waals surface area contributed by atoms with Gasteiger partial charge in [-0.3, -0.25) is 0 Å². The molecule has 4 rings (SSSR count). The summed E-state index contributed by atoms with van der Waals surface area (Å²) in [5.41, 5.74) is 8.52. The van der Waals surface area contributed by atoms with E-state index in [4.69, 9.17) is 5.73 Å². The summed E-state index contributed by atoms with van der Waals surface area (Å²) in [4.78, 5) is 18.5. The second-order valence-electron chi connectivity index (χ2n) is 7.17. The van der Waals surface area contributed by atoms with Gasteiger partial charge in [0.1, 0.15) is 12.0 Å². The van der Waals surface area contributed by atoms with Crippen LogP contribution in [-0.2, 0) is 0 Å². The summed E-state index contributed by atoms with van der Waals surface area (Å²) in [5.74, 6) is 1.77. The van der Waals surface area contributed by atoms with Gasteiger partial charge in [0.25, 0.3) is 0 Å². The molecule has 2 aliphatic heterocycles. The summed E-state index contributed by atoms with van der Waals surface area (Å²) >= 11 is 0. The van der Waals surface area contributed by atoms with Crippen LogP contribution in [0.5, 0.6) is 0 Å². The molecule has 0 spiro atoms. The van der Waals surface area contributed by atoms with E-state index in [0.29, 0.717) is 0 Å². The van der Waals surface area contributed by atoms with Crippen LogP contribution in [0.15, 0.2) is 36.7 Å². The molecule has 0 radical (unpaired) electrons. The SMILES string of the molecule is CCN1CCN(c2ncnc(N3CCN(c4ccccc4)CC3)c2N)CC1. The summed E-state index contributed by atoms with van der Waals surface area (Å²) in [6.45, 7) is 11.1. The molecule has 0 amide bonds. The van der Waals surface area contributed by atoms with E-state index in [9.17, 15) is 0 Å². The van der Waals surface area contributed by atoms with Gasteiger partial charge in [0.15, 0.2) is 11.6 Å². The number of nitrogens with two attached hydrogens (primary N) is 1. The minimum Gasteiger partial charge on any atom is -0.393 e. The number of para-hydroxylation sites is 1. The third kappa shape index (κ3) is 3.78. The Balaban J connectivity index is 1.44. The van der Waals surface area contributed by atoms with E-state index in [2.05, 4.69) is 66.8 Å². The van der Waals surface area contributed by atoms with E-state index in [0.717, 1.165) is 76.2 Å². The van der Waals surface area contributed by atoms with Gasteiger partial charge in [-0.2, -0.15) is 0 Å². The number of hydrogen-bond acceptors (Lipinski definition) is 7. The lowest BCUT2D eigenvalue weighted by Crippen LogP contribution is -2.48. The number of likely N-dealkylation sites (N-methyl/N-ethyl adjacent to an activating group) is 1. The van der Waals surface area contributed by atoms with Crippen molar-refractivity contribution >= 4 is 23.0 Å². The number of nitrogens with zero attached hydrogens (tertiary/aromatic N) is 6. The number of rotatable bonds is 4. The van der Waals surface area contributed by atoms with Gasteiger partial charge >= 0.3 is 0 Å². The molecule has 27 heavy (non-hydrogen) atoms. The number of benzene rings is 1. The molecule has 3 heterocycles. The molecule has 2 saturated heterocycles. The van der Waals surface area contributed by atoms with Gasteiger partial charge in [-0.15, -0.1) is 0 Å². The van der Waals surface area contributed by atoms with Gasteiger partial charge < -0.3 is 25.3 Å². The zero-order chi connectivity index (χ0) is 18.6. The summed E-state index contributed by atoms with van der Waals surface area (Å²) in [7, 11) is 0. The molecule has 7 heteroatoms. The fraction of sp³-hybridized carbons (Fsp3) is 0.500. The van der Waals surface area contributed by atoms with Crippen LogP contribution in [-0.4, -0.2) is 73.8 Å². The highest BCUT2D eigenvalue weighted by Crippen LogP contribution is 2.30. The minimum atomic E-state index is 0.718. The molecule has 1 aromatic heterocycles. The zero-order valence-corrected chi connectivity index (χ0v) is 16.1. The number of anilines is 4. The first kappa shape index (κ1) is 17.9. The van der Waals surface area contributed by atoms with Crippen LogP contribution in [0.3, 0.4) is 0 Å². The Kier molecular flexibility index (Phi) is 5.29. The Labute approximate surface area is 161 Å². The molecule has 144 valence electrons. The minimum absolute atomic E-state index is 0.718. The lowest BCUT2D eigenvalue weighted by Gasteiger charge is -2.38. The highest BCUT2D eigenvalue weighted by Gasteiger charge is 2.24. The fourth-order valence-electron chi connectivity index (χ4n) is 3.97. The van der Waals surface area contributed by atoms with E-state index < -0.39 is 0 Å². The van der Waals surface area contributed by atoms with Gasteiger partial charge in [0.05, 0.1) is 0 Å². The smallest absolute Gasteiger partial charge is 0.157 e. The molecule has 0 bridgehead atoms. The lowest BCUT2D eigenvalue weighted by atomic mass is 10.2. The topological polar surface area (TPSA) is 64.8 Å². The van der Waals surface area contributed by atoms with Crippen molar-refractivity contribution in [3.05, 3.63) is 36.7 Å². The van der Waals surface area contributed by atoms with Gasteiger partial charge in [-0.25, -0.2) is 9.97 Å². The Morgan fingerprint density at radius 3 is 1.85 bits per heavy atom. The average molecular weight is 368 g/mol. The molecule has 0 unspecified atom stereocenters. The summed E-state index contributed by atoms with van der Waals surface area (Å²) in [6, 6.07) is 10.6. The van der Waals surface area contributed by atoms with Crippen molar-refractivity contribution in [3.63, 3.8) is 0 Å². The molecular weight excluding hydrogens is 338 g/mol. The van der Waals surface area contributed by atoms with Crippen LogP contribution in [0, 0.1) is 0 Å². The molecule has 2 N–H and O–H groups in total. The van der Waals surface area contributed by atoms with Crippen molar-refractivity contribution in [1.29, 1.82) is 0 Å². The maximum absolute atomic E-state index is 6.52. The van der Waals surface area contributed by atoms with Crippen molar-refractivity contribution in [3.8, 4) is 0 Å². The van der Waals surface area contributed by atoms with Crippen molar-refractivity contribution in [2.24, 2.45) is 0 Å². The zero-order valence-electron chi connectivity index (χ0n) is 16.1. The van der Waals surface area contributed by atoms with E-state index in [-0.39, 0.29) is 0 Å². The van der Waals surface area contributed by atoms with Crippen LogP contribution in [0.4, 0.5) is 23.0 Å². The third-order valence-corrected chi connectivity index (χ3v) is 5.66. The standard InChI is InChI=1S/C20H29N7/c1-2-24-8-10-26(11-9-24)19-18(21)20(23-16-22-19)27-14-12-25(13-15-27)17-6-4-3-5-7-17/h3-7,16H,2,8-15,21H2,1H3. The van der Waals surface area contributed by atoms with Crippen molar-refractivity contribution in [1.82, 2.24) is 14.9 Å². The predicted octanol–water partition coefficient (Wildman–Crippen LogP) is 1.53. The summed E-state index contributed by atoms with van der Waals surface area (Å²) < 4.78 is 0. The van der Waals surface area contributed by atoms with Crippen LogP contribution in [0.2, 0.25) is 0 Å². The highest BCUT2D eigenvalue weighted by molar-refractivity contribution is 5.76. The molecular formula is C20H29N7. The molecule has 7 nitrogen and oxygen atoms in total. The quantitative estimate of drug-likeness (QED) is 0.879. The molecule has 1 aromatic carbocycles. The van der Waals surface area contributed by atoms with E-state index >= 15 is 0 Å². The first-order valence-electron chi connectivity index (χ1n) is 9.89. The Bertz CT molecular complexity index is 735. The van der Waals surface area contributed by atoms with Gasteiger partial charge in [-0.1, -0.05) is 25.1 Å². The second kappa shape index (κ2) is 8.00. The number of piperazine rings is 2. The van der Waals surface area contributed by atoms with E-state index in [1.165, 1.54) is 5.69 Å². The average Bonchev–Trinajstić information content (AvgIpc) is 2.75. The van der Waals surface area contributed by atoms with Crippen LogP contribution in [0.1, 0.15) is 6.92 Å². The summed E-state index contributed by atoms with van der Waals surface area (Å²) in [6.07, 6.45) is 1.66. The van der Waals surface area contributed by atoms with Gasteiger partial charge in [0, 0.05) is 58.0 Å². The maximum atomic E-state index is 6.52. The van der Waals surface area contributed by atoms with Crippen LogP contribution < -0.4 is 20.4 Å². The Morgan fingerprint density at radius 1 is 0.778 bits per heavy atom. The largest absolute Gasteiger partial charge is 0.393 e. The molecule has 2 aliphatic rings. The van der Waals surface area contributed by atoms with Gasteiger partial charge in [0.2, 0.25) is 0 Å². The first-order valence-corrected chi connectivity index (χ1v) is 9.89. The Hall–Kier alpha value is -2.54. The van der Waals surface area contributed by atoms with Crippen molar-refractivity contribution in [2.75, 3.05) is 79.3 Å². The Morgan fingerprint density at radius 2 is 1.30 bits per heavy atom. The molecule has 2 fully saturated rings.